The van der Waals surface area contributed by atoms with Crippen LogP contribution in [-0.2, 0) is 11.2 Å². The van der Waals surface area contributed by atoms with Crippen LogP contribution in [0.5, 0.6) is 0 Å². The van der Waals surface area contributed by atoms with E-state index in [0.717, 1.165) is 26.1 Å². The standard InChI is InChI=1S/C20H23N2O4/c23-20(18-7-4-8-19(15-18)21(24)25)16-22(11-13-26-14-12-22)10-9-17-5-2-1-3-6-17/h1-8,15H,9-14,16H2/q+1. The van der Waals surface area contributed by atoms with Crippen molar-refractivity contribution in [2.24, 2.45) is 0 Å². The van der Waals surface area contributed by atoms with E-state index >= 15 is 0 Å². The number of ether oxygens (including phenoxy) is 1. The number of rotatable bonds is 7. The third kappa shape index (κ3) is 4.53. The van der Waals surface area contributed by atoms with E-state index in [1.54, 1.807) is 12.1 Å². The molecule has 0 amide bonds. The molecule has 1 aliphatic heterocycles. The molecule has 0 N–H and O–H groups in total. The highest BCUT2D eigenvalue weighted by atomic mass is 16.6. The molecular weight excluding hydrogens is 332 g/mol. The van der Waals surface area contributed by atoms with Crippen molar-refractivity contribution in [1.82, 2.24) is 0 Å². The number of carbonyl (C=O) groups is 1. The number of carbonyl (C=O) groups excluding carboxylic acids is 1. The zero-order valence-corrected chi connectivity index (χ0v) is 14.7. The summed E-state index contributed by atoms with van der Waals surface area (Å²) in [4.78, 5) is 23.3. The number of ketones is 1. The summed E-state index contributed by atoms with van der Waals surface area (Å²) in [6.07, 6.45) is 0.892. The fraction of sp³-hybridized carbons (Fsp3) is 0.350. The zero-order chi connectivity index (χ0) is 18.4. The van der Waals surface area contributed by atoms with E-state index in [-0.39, 0.29) is 11.5 Å². The first-order chi connectivity index (χ1) is 12.6. The average molecular weight is 355 g/mol. The van der Waals surface area contributed by atoms with Crippen LogP contribution in [0.25, 0.3) is 0 Å². The lowest BCUT2D eigenvalue weighted by Crippen LogP contribution is -2.58. The number of benzene rings is 2. The second-order valence-corrected chi connectivity index (χ2v) is 6.75. The predicted octanol–water partition coefficient (Wildman–Crippen LogP) is 2.87. The molecule has 3 rings (SSSR count). The monoisotopic (exact) mass is 355 g/mol. The molecule has 6 nitrogen and oxygen atoms in total. The molecule has 0 radical (unpaired) electrons. The first kappa shape index (κ1) is 18.2. The Kier molecular flexibility index (Phi) is 5.75. The minimum Gasteiger partial charge on any atom is -0.370 e. The Morgan fingerprint density at radius 2 is 1.81 bits per heavy atom. The highest BCUT2D eigenvalue weighted by Gasteiger charge is 2.33. The highest BCUT2D eigenvalue weighted by Crippen LogP contribution is 2.18. The maximum absolute atomic E-state index is 12.8. The molecule has 1 heterocycles. The number of morpholine rings is 1. The molecule has 0 bridgehead atoms. The maximum Gasteiger partial charge on any atom is 0.270 e. The van der Waals surface area contributed by atoms with Crippen LogP contribution in [0.4, 0.5) is 5.69 Å². The minimum absolute atomic E-state index is 0.0475. The summed E-state index contributed by atoms with van der Waals surface area (Å²) in [5, 5.41) is 11.0. The van der Waals surface area contributed by atoms with Crippen LogP contribution in [0, 0.1) is 10.1 Å². The largest absolute Gasteiger partial charge is 0.370 e. The Balaban J connectivity index is 1.74. The summed E-state index contributed by atoms with van der Waals surface area (Å²) in [5.74, 6) is -0.0522. The van der Waals surface area contributed by atoms with E-state index in [4.69, 9.17) is 4.74 Å². The molecule has 6 heteroatoms. The van der Waals surface area contributed by atoms with Gasteiger partial charge >= 0.3 is 0 Å². The Labute approximate surface area is 152 Å². The Morgan fingerprint density at radius 1 is 1.08 bits per heavy atom. The molecule has 0 spiro atoms. The van der Waals surface area contributed by atoms with Crippen molar-refractivity contribution in [1.29, 1.82) is 0 Å². The molecule has 136 valence electrons. The Bertz CT molecular complexity index is 770. The molecule has 2 aromatic rings. The number of hydrogen-bond acceptors (Lipinski definition) is 4. The number of nitro groups is 1. The van der Waals surface area contributed by atoms with E-state index in [9.17, 15) is 14.9 Å². The number of hydrogen-bond donors (Lipinski definition) is 0. The second-order valence-electron chi connectivity index (χ2n) is 6.75. The first-order valence-electron chi connectivity index (χ1n) is 8.82. The third-order valence-electron chi connectivity index (χ3n) is 5.00. The number of non-ortho nitro benzene ring substituents is 1. The van der Waals surface area contributed by atoms with E-state index in [1.807, 2.05) is 18.2 Å². The van der Waals surface area contributed by atoms with Crippen molar-refractivity contribution < 1.29 is 18.9 Å². The van der Waals surface area contributed by atoms with Gasteiger partial charge in [-0.3, -0.25) is 14.9 Å². The zero-order valence-electron chi connectivity index (χ0n) is 14.7. The van der Waals surface area contributed by atoms with Gasteiger partial charge in [-0.15, -0.1) is 0 Å². The number of quaternary nitrogens is 1. The van der Waals surface area contributed by atoms with Crippen molar-refractivity contribution >= 4 is 11.5 Å². The van der Waals surface area contributed by atoms with Gasteiger partial charge in [0.05, 0.1) is 24.7 Å². The topological polar surface area (TPSA) is 69.4 Å². The molecule has 1 saturated heterocycles. The number of nitro benzene ring substituents is 1. The molecule has 0 aliphatic carbocycles. The summed E-state index contributed by atoms with van der Waals surface area (Å²) in [6, 6.07) is 16.2. The first-order valence-corrected chi connectivity index (χ1v) is 8.82. The van der Waals surface area contributed by atoms with Gasteiger partial charge < -0.3 is 9.22 Å². The summed E-state index contributed by atoms with van der Waals surface area (Å²) in [5.41, 5.74) is 1.61. The lowest BCUT2D eigenvalue weighted by molar-refractivity contribution is -0.927. The second kappa shape index (κ2) is 8.21. The summed E-state index contributed by atoms with van der Waals surface area (Å²) in [6.45, 7) is 4.04. The summed E-state index contributed by atoms with van der Waals surface area (Å²) < 4.78 is 6.16. The lowest BCUT2D eigenvalue weighted by atomic mass is 10.1. The van der Waals surface area contributed by atoms with Gasteiger partial charge in [-0.25, -0.2) is 0 Å². The molecule has 0 aromatic heterocycles. The quantitative estimate of drug-likeness (QED) is 0.331. The molecule has 1 aliphatic rings. The van der Waals surface area contributed by atoms with E-state index in [1.165, 1.54) is 17.7 Å². The molecule has 0 saturated carbocycles. The van der Waals surface area contributed by atoms with Crippen LogP contribution >= 0.6 is 0 Å². The summed E-state index contributed by atoms with van der Waals surface area (Å²) >= 11 is 0. The fourth-order valence-corrected chi connectivity index (χ4v) is 3.39. The van der Waals surface area contributed by atoms with Crippen LogP contribution in [0.3, 0.4) is 0 Å². The molecule has 0 unspecified atom stereocenters. The SMILES string of the molecule is O=C(C[N+]1(CCc2ccccc2)CCOCC1)c1cccc([N+](=O)[O-])c1. The fourth-order valence-electron chi connectivity index (χ4n) is 3.39. The van der Waals surface area contributed by atoms with Crippen molar-refractivity contribution in [2.45, 2.75) is 6.42 Å². The van der Waals surface area contributed by atoms with E-state index in [0.29, 0.717) is 29.8 Å². The summed E-state index contributed by atoms with van der Waals surface area (Å²) in [7, 11) is 0. The Morgan fingerprint density at radius 3 is 2.50 bits per heavy atom. The normalized spacial score (nSPS) is 16.2. The van der Waals surface area contributed by atoms with Gasteiger partial charge in [0, 0.05) is 24.1 Å². The minimum atomic E-state index is -0.467. The lowest BCUT2D eigenvalue weighted by Gasteiger charge is -2.41. The molecular formula is C20H23N2O4+. The average Bonchev–Trinajstić information content (AvgIpc) is 2.68. The van der Waals surface area contributed by atoms with Crippen LogP contribution < -0.4 is 0 Å². The smallest absolute Gasteiger partial charge is 0.270 e. The van der Waals surface area contributed by atoms with Crippen molar-refractivity contribution in [3.63, 3.8) is 0 Å². The van der Waals surface area contributed by atoms with Gasteiger partial charge in [0.1, 0.15) is 19.6 Å². The predicted molar refractivity (Wildman–Crippen MR) is 98.1 cm³/mol. The van der Waals surface area contributed by atoms with Gasteiger partial charge in [-0.2, -0.15) is 0 Å². The van der Waals surface area contributed by atoms with Gasteiger partial charge in [-0.1, -0.05) is 42.5 Å². The van der Waals surface area contributed by atoms with Crippen molar-refractivity contribution in [2.75, 3.05) is 39.4 Å². The van der Waals surface area contributed by atoms with Crippen LogP contribution in [0.1, 0.15) is 15.9 Å². The molecule has 2 aromatic carbocycles. The highest BCUT2D eigenvalue weighted by molar-refractivity contribution is 5.97. The van der Waals surface area contributed by atoms with Gasteiger partial charge in [-0.05, 0) is 5.56 Å². The maximum atomic E-state index is 12.8. The molecule has 26 heavy (non-hydrogen) atoms. The molecule has 0 atom stereocenters. The Hall–Kier alpha value is -2.57. The number of Topliss-reactive ketones (excluding diaryl/α,β-unsaturated/α-hetero) is 1. The van der Waals surface area contributed by atoms with Crippen molar-refractivity contribution in [3.8, 4) is 0 Å². The van der Waals surface area contributed by atoms with Crippen LogP contribution in [0.2, 0.25) is 0 Å². The van der Waals surface area contributed by atoms with Gasteiger partial charge in [0.15, 0.2) is 0 Å². The van der Waals surface area contributed by atoms with E-state index < -0.39 is 4.92 Å². The number of nitrogens with zero attached hydrogens (tertiary/aromatic N) is 2. The van der Waals surface area contributed by atoms with Gasteiger partial charge in [0.25, 0.3) is 5.69 Å². The van der Waals surface area contributed by atoms with Crippen molar-refractivity contribution in [3.05, 3.63) is 75.8 Å². The third-order valence-corrected chi connectivity index (χ3v) is 5.00. The molecule has 1 fully saturated rings. The van der Waals surface area contributed by atoms with Crippen LogP contribution in [-0.4, -0.2) is 54.6 Å². The van der Waals surface area contributed by atoms with E-state index in [2.05, 4.69) is 12.1 Å². The van der Waals surface area contributed by atoms with Crippen LogP contribution in [0.15, 0.2) is 54.6 Å². The van der Waals surface area contributed by atoms with Gasteiger partial charge in [0.2, 0.25) is 5.78 Å².